The van der Waals surface area contributed by atoms with Crippen LogP contribution in [-0.4, -0.2) is 29.1 Å². The summed E-state index contributed by atoms with van der Waals surface area (Å²) in [5.41, 5.74) is 5.31. The molecule has 3 amide bonds. The summed E-state index contributed by atoms with van der Waals surface area (Å²) in [5, 5.41) is 13.9. The zero-order valence-electron chi connectivity index (χ0n) is 10.0. The number of anilines is 1. The number of amides is 3. The van der Waals surface area contributed by atoms with Crippen LogP contribution in [0.3, 0.4) is 0 Å². The van der Waals surface area contributed by atoms with E-state index in [0.29, 0.717) is 15.2 Å². The molecule has 0 saturated carbocycles. The standard InChI is InChI=1S/C11H11BrClN3O4/c12-6-3-5(1-2-7(6)13)15-11(20)16-8(10(18)19)4-9(14)17/h1-3,8H,4H2,(H2,14,17)(H,18,19)(H2,15,16,20)/t8-/m0/s1. The molecule has 0 aliphatic rings. The van der Waals surface area contributed by atoms with Gasteiger partial charge in [-0.3, -0.25) is 4.79 Å². The lowest BCUT2D eigenvalue weighted by atomic mass is 10.2. The monoisotopic (exact) mass is 363 g/mol. The number of carboxylic acids is 1. The lowest BCUT2D eigenvalue weighted by Gasteiger charge is -2.13. The maximum absolute atomic E-state index is 11.6. The van der Waals surface area contributed by atoms with Crippen molar-refractivity contribution in [2.45, 2.75) is 12.5 Å². The van der Waals surface area contributed by atoms with Gasteiger partial charge in [0, 0.05) is 10.2 Å². The quantitative estimate of drug-likeness (QED) is 0.633. The minimum absolute atomic E-state index is 0.405. The molecular weight excluding hydrogens is 353 g/mol. The Morgan fingerprint density at radius 1 is 1.40 bits per heavy atom. The van der Waals surface area contributed by atoms with Gasteiger partial charge >= 0.3 is 12.0 Å². The van der Waals surface area contributed by atoms with Crippen molar-refractivity contribution in [3.8, 4) is 0 Å². The van der Waals surface area contributed by atoms with Gasteiger partial charge in [0.05, 0.1) is 11.4 Å². The number of nitrogens with two attached hydrogens (primary N) is 1. The molecule has 5 N–H and O–H groups in total. The Morgan fingerprint density at radius 3 is 2.55 bits per heavy atom. The number of hydrogen-bond acceptors (Lipinski definition) is 3. The van der Waals surface area contributed by atoms with Crippen molar-refractivity contribution in [2.24, 2.45) is 5.73 Å². The van der Waals surface area contributed by atoms with Crippen LogP contribution in [0.5, 0.6) is 0 Å². The average Bonchev–Trinajstić information content (AvgIpc) is 2.32. The number of aliphatic carboxylic acids is 1. The first-order chi connectivity index (χ1) is 9.29. The third-order valence-corrected chi connectivity index (χ3v) is 3.40. The smallest absolute Gasteiger partial charge is 0.326 e. The summed E-state index contributed by atoms with van der Waals surface area (Å²) in [5.74, 6) is -2.18. The van der Waals surface area contributed by atoms with Crippen LogP contribution in [0.2, 0.25) is 5.02 Å². The van der Waals surface area contributed by atoms with E-state index in [0.717, 1.165) is 0 Å². The summed E-state index contributed by atoms with van der Waals surface area (Å²) >= 11 is 8.98. The van der Waals surface area contributed by atoms with Crippen molar-refractivity contribution in [1.82, 2.24) is 5.32 Å². The molecule has 0 radical (unpaired) electrons. The Kier molecular flexibility index (Phi) is 5.78. The minimum Gasteiger partial charge on any atom is -0.480 e. The summed E-state index contributed by atoms with van der Waals surface area (Å²) in [6, 6.07) is 2.48. The van der Waals surface area contributed by atoms with Gasteiger partial charge in [-0.1, -0.05) is 11.6 Å². The average molecular weight is 365 g/mol. The maximum Gasteiger partial charge on any atom is 0.326 e. The lowest BCUT2D eigenvalue weighted by molar-refractivity contribution is -0.140. The van der Waals surface area contributed by atoms with E-state index in [9.17, 15) is 14.4 Å². The second-order valence-electron chi connectivity index (χ2n) is 3.79. The van der Waals surface area contributed by atoms with Crippen LogP contribution >= 0.6 is 27.5 Å². The highest BCUT2D eigenvalue weighted by Gasteiger charge is 2.22. The van der Waals surface area contributed by atoms with Crippen LogP contribution in [0, 0.1) is 0 Å². The van der Waals surface area contributed by atoms with Crippen LogP contribution in [0.25, 0.3) is 0 Å². The summed E-state index contributed by atoms with van der Waals surface area (Å²) < 4.78 is 0.573. The molecule has 1 atom stereocenters. The Bertz CT molecular complexity index is 552. The van der Waals surface area contributed by atoms with Crippen molar-refractivity contribution in [1.29, 1.82) is 0 Å². The molecule has 1 aromatic rings. The maximum atomic E-state index is 11.6. The third-order valence-electron chi connectivity index (χ3n) is 2.19. The molecule has 0 bridgehead atoms. The van der Waals surface area contributed by atoms with E-state index in [1.165, 1.54) is 6.07 Å². The third kappa shape index (κ3) is 5.06. The molecule has 20 heavy (non-hydrogen) atoms. The second-order valence-corrected chi connectivity index (χ2v) is 5.05. The normalized spacial score (nSPS) is 11.5. The number of halogens is 2. The first kappa shape index (κ1) is 16.3. The van der Waals surface area contributed by atoms with Crippen LogP contribution in [0.4, 0.5) is 10.5 Å². The van der Waals surface area contributed by atoms with Gasteiger partial charge in [-0.2, -0.15) is 0 Å². The Labute approximate surface area is 127 Å². The Morgan fingerprint density at radius 2 is 2.05 bits per heavy atom. The first-order valence-electron chi connectivity index (χ1n) is 5.33. The summed E-state index contributed by atoms with van der Waals surface area (Å²) in [7, 11) is 0. The molecule has 1 aromatic carbocycles. The fraction of sp³-hybridized carbons (Fsp3) is 0.182. The van der Waals surface area contributed by atoms with Crippen LogP contribution in [0.1, 0.15) is 6.42 Å². The second kappa shape index (κ2) is 7.11. The van der Waals surface area contributed by atoms with Crippen LogP contribution < -0.4 is 16.4 Å². The number of hydrogen-bond donors (Lipinski definition) is 4. The molecule has 1 rings (SSSR count). The van der Waals surface area contributed by atoms with Gasteiger partial charge in [0.15, 0.2) is 0 Å². The van der Waals surface area contributed by atoms with Gasteiger partial charge < -0.3 is 21.5 Å². The highest BCUT2D eigenvalue weighted by molar-refractivity contribution is 9.10. The first-order valence-corrected chi connectivity index (χ1v) is 6.50. The number of carbonyl (C=O) groups is 3. The predicted octanol–water partition coefficient (Wildman–Crippen LogP) is 1.55. The van der Waals surface area contributed by atoms with Crippen LogP contribution in [-0.2, 0) is 9.59 Å². The zero-order valence-corrected chi connectivity index (χ0v) is 12.4. The summed E-state index contributed by atoms with van der Waals surface area (Å²) in [6.07, 6.45) is -0.493. The minimum atomic E-state index is -1.39. The van der Waals surface area contributed by atoms with Gasteiger partial charge in [-0.25, -0.2) is 9.59 Å². The van der Waals surface area contributed by atoms with E-state index in [-0.39, 0.29) is 0 Å². The summed E-state index contributed by atoms with van der Waals surface area (Å²) in [6.45, 7) is 0. The van der Waals surface area contributed by atoms with Gasteiger partial charge in [-0.05, 0) is 34.1 Å². The van der Waals surface area contributed by atoms with E-state index in [1.54, 1.807) is 12.1 Å². The number of rotatable bonds is 5. The van der Waals surface area contributed by atoms with Crippen molar-refractivity contribution < 1.29 is 19.5 Å². The largest absolute Gasteiger partial charge is 0.480 e. The molecule has 0 saturated heterocycles. The molecule has 0 aromatic heterocycles. The number of carboxylic acid groups (broad SMARTS) is 1. The van der Waals surface area contributed by atoms with Gasteiger partial charge in [-0.15, -0.1) is 0 Å². The SMILES string of the molecule is NC(=O)C[C@H](NC(=O)Nc1ccc(Cl)c(Br)c1)C(=O)O. The fourth-order valence-electron chi connectivity index (χ4n) is 1.30. The lowest BCUT2D eigenvalue weighted by Crippen LogP contribution is -2.45. The fourth-order valence-corrected chi connectivity index (χ4v) is 1.80. The molecule has 0 aliphatic carbocycles. The molecule has 0 unspecified atom stereocenters. The number of nitrogens with one attached hydrogen (secondary N) is 2. The topological polar surface area (TPSA) is 122 Å². The Hall–Kier alpha value is -1.80. The van der Waals surface area contributed by atoms with E-state index >= 15 is 0 Å². The molecule has 108 valence electrons. The number of carbonyl (C=O) groups excluding carboxylic acids is 2. The Balaban J connectivity index is 2.67. The van der Waals surface area contributed by atoms with Gasteiger partial charge in [0.2, 0.25) is 5.91 Å². The number of primary amides is 1. The van der Waals surface area contributed by atoms with Crippen LogP contribution in [0.15, 0.2) is 22.7 Å². The number of benzene rings is 1. The molecular formula is C11H11BrClN3O4. The van der Waals surface area contributed by atoms with Crippen molar-refractivity contribution in [2.75, 3.05) is 5.32 Å². The van der Waals surface area contributed by atoms with Gasteiger partial charge in [0.25, 0.3) is 0 Å². The molecule has 0 spiro atoms. The van der Waals surface area contributed by atoms with E-state index < -0.39 is 30.4 Å². The molecule has 0 fully saturated rings. The van der Waals surface area contributed by atoms with E-state index in [1.807, 2.05) is 0 Å². The number of urea groups is 1. The molecule has 0 heterocycles. The van der Waals surface area contributed by atoms with Crippen molar-refractivity contribution in [3.63, 3.8) is 0 Å². The van der Waals surface area contributed by atoms with Crippen molar-refractivity contribution in [3.05, 3.63) is 27.7 Å². The van der Waals surface area contributed by atoms with E-state index in [2.05, 4.69) is 26.6 Å². The summed E-state index contributed by atoms with van der Waals surface area (Å²) in [4.78, 5) is 33.2. The van der Waals surface area contributed by atoms with Gasteiger partial charge in [0.1, 0.15) is 6.04 Å². The highest BCUT2D eigenvalue weighted by Crippen LogP contribution is 2.25. The predicted molar refractivity (Wildman–Crippen MR) is 76.5 cm³/mol. The molecule has 9 heteroatoms. The highest BCUT2D eigenvalue weighted by atomic mass is 79.9. The molecule has 7 nitrogen and oxygen atoms in total. The van der Waals surface area contributed by atoms with Crippen molar-refractivity contribution >= 4 is 51.1 Å². The zero-order chi connectivity index (χ0) is 15.3. The van der Waals surface area contributed by atoms with E-state index in [4.69, 9.17) is 22.4 Å². The molecule has 0 aliphatic heterocycles.